The molecule has 0 atom stereocenters. The first-order valence-corrected chi connectivity index (χ1v) is 24.8. The van der Waals surface area contributed by atoms with Crippen LogP contribution in [0.15, 0.2) is 249 Å². The molecule has 4 heterocycles. The minimum absolute atomic E-state index is 0.112. The van der Waals surface area contributed by atoms with E-state index in [-0.39, 0.29) is 6.85 Å². The molecule has 0 saturated carbocycles. The topological polar surface area (TPSA) is 6.48 Å². The Morgan fingerprint density at radius 1 is 0.369 bits per heavy atom. The van der Waals surface area contributed by atoms with Crippen LogP contribution in [0.4, 0.5) is 28.4 Å². The summed E-state index contributed by atoms with van der Waals surface area (Å²) in [6.07, 6.45) is 0. The molecule has 4 aliphatic heterocycles. The van der Waals surface area contributed by atoms with E-state index in [9.17, 15) is 0 Å². The van der Waals surface area contributed by atoms with Crippen molar-refractivity contribution < 1.29 is 0 Å². The van der Waals surface area contributed by atoms with E-state index in [4.69, 9.17) is 0 Å². The molecule has 0 N–H and O–H groups in total. The lowest BCUT2D eigenvalue weighted by atomic mass is 9.42. The Bertz CT molecular complexity index is 3430. The summed E-state index contributed by atoms with van der Waals surface area (Å²) < 4.78 is 0. The zero-order chi connectivity index (χ0) is 42.7. The van der Waals surface area contributed by atoms with Gasteiger partial charge in [-0.3, -0.25) is 0 Å². The van der Waals surface area contributed by atoms with Crippen LogP contribution >= 0.6 is 0 Å². The second kappa shape index (κ2) is 13.8. The maximum absolute atomic E-state index is 2.89. The average molecular weight is 841 g/mol. The fraction of sp³-hybridized carbons (Fsp3) is 0.0164. The smallest absolute Gasteiger partial charge is 0.333 e. The molecule has 0 unspecified atom stereocenters. The Kier molecular flexibility index (Phi) is 7.75. The molecule has 4 aliphatic rings. The van der Waals surface area contributed by atoms with Gasteiger partial charge in [0.1, 0.15) is 0 Å². The van der Waals surface area contributed by atoms with Crippen LogP contribution in [0.25, 0.3) is 22.3 Å². The van der Waals surface area contributed by atoms with Crippen LogP contribution in [0.3, 0.4) is 0 Å². The summed E-state index contributed by atoms with van der Waals surface area (Å²) in [5, 5.41) is 5.66. The van der Waals surface area contributed by atoms with Crippen LogP contribution in [0.2, 0.25) is 0 Å². The van der Waals surface area contributed by atoms with Gasteiger partial charge in [-0.1, -0.05) is 224 Å². The zero-order valence-electron chi connectivity index (χ0n) is 35.6. The molecule has 0 radical (unpaired) electrons. The highest BCUT2D eigenvalue weighted by molar-refractivity contribution is 7.22. The molecule has 0 aliphatic carbocycles. The van der Waals surface area contributed by atoms with Crippen molar-refractivity contribution in [2.75, 3.05) is 9.71 Å². The molecule has 0 aromatic heterocycles. The summed E-state index contributed by atoms with van der Waals surface area (Å²) in [6, 6.07) is 94.3. The van der Waals surface area contributed by atoms with Gasteiger partial charge in [-0.05, 0) is 94.9 Å². The van der Waals surface area contributed by atoms with Gasteiger partial charge >= 0.3 is 6.85 Å². The average Bonchev–Trinajstić information content (AvgIpc) is 3.39. The number of para-hydroxylation sites is 4. The van der Waals surface area contributed by atoms with Crippen LogP contribution in [0, 0.1) is 0 Å². The van der Waals surface area contributed by atoms with Gasteiger partial charge in [-0.25, -0.2) is 0 Å². The van der Waals surface area contributed by atoms with Crippen LogP contribution in [0.5, 0.6) is 0 Å². The highest BCUT2D eigenvalue weighted by Gasteiger charge is 2.57. The van der Waals surface area contributed by atoms with E-state index < -0.39 is 13.5 Å². The molecule has 2 nitrogen and oxygen atoms in total. The van der Waals surface area contributed by atoms with E-state index in [1.165, 1.54) is 105 Å². The molecular formula is C61H41BN2Si. The summed E-state index contributed by atoms with van der Waals surface area (Å²) >= 11 is 0. The Labute approximate surface area is 381 Å². The van der Waals surface area contributed by atoms with E-state index in [2.05, 4.69) is 258 Å². The van der Waals surface area contributed by atoms with Gasteiger partial charge in [0.2, 0.25) is 0 Å². The third-order valence-electron chi connectivity index (χ3n) is 14.9. The normalized spacial score (nSPS) is 14.9. The summed E-state index contributed by atoms with van der Waals surface area (Å²) in [5.74, 6) is 0. The van der Waals surface area contributed by atoms with E-state index in [1.807, 2.05) is 0 Å². The predicted octanol–water partition coefficient (Wildman–Crippen LogP) is 10.4. The second-order valence-corrected chi connectivity index (χ2v) is 21.6. The van der Waals surface area contributed by atoms with Crippen molar-refractivity contribution in [1.82, 2.24) is 0 Å². The second-order valence-electron chi connectivity index (χ2n) is 17.9. The molecular weight excluding hydrogens is 800 g/mol. The minimum atomic E-state index is -2.89. The van der Waals surface area contributed by atoms with Gasteiger partial charge in [-0.15, -0.1) is 0 Å². The molecule has 302 valence electrons. The van der Waals surface area contributed by atoms with Crippen molar-refractivity contribution in [2.24, 2.45) is 0 Å². The number of fused-ring (bicyclic) bond motifs is 8. The predicted molar refractivity (Wildman–Crippen MR) is 275 cm³/mol. The van der Waals surface area contributed by atoms with Gasteiger partial charge in [0.05, 0.1) is 11.1 Å². The number of anilines is 5. The Balaban J connectivity index is 1.17. The number of hydrogen-bond acceptors (Lipinski definition) is 2. The SMILES string of the molecule is c1ccc(-c2cc3c4c(c2)N2c5ccccc5C(c5ccccc5)(c5ccccc5)c5cccc(c52)B4N2c4ccccc4[Si](c4ccccc4)(c4ccccc4)c4cccc-3c42)cc1. The van der Waals surface area contributed by atoms with Crippen molar-refractivity contribution in [3.63, 3.8) is 0 Å². The number of benzene rings is 10. The molecule has 10 aromatic carbocycles. The van der Waals surface area contributed by atoms with Crippen LogP contribution in [-0.4, -0.2) is 14.9 Å². The van der Waals surface area contributed by atoms with E-state index in [0.717, 1.165) is 0 Å². The summed E-state index contributed by atoms with van der Waals surface area (Å²) in [7, 11) is -2.89. The standard InChI is InChI=1S/C61H41BN2Si/c1-6-22-42(23-7-1)43-40-49-48-32-20-39-57-59(48)64(54-37-18-19-38-56(54)65(57,46-28-12-4-13-29-46)47-30-14-5-15-31-47)62-52-35-21-34-51-60(52)63(55(41-43)58(49)62)53-36-17-16-33-50(53)61(51,44-24-8-2-9-25-44)45-26-10-3-11-27-45/h1-41H. The molecule has 14 rings (SSSR count). The lowest BCUT2D eigenvalue weighted by Crippen LogP contribution is -2.79. The van der Waals surface area contributed by atoms with E-state index in [1.54, 1.807) is 0 Å². The molecule has 0 amide bonds. The highest BCUT2D eigenvalue weighted by Crippen LogP contribution is 2.59. The van der Waals surface area contributed by atoms with Crippen LogP contribution < -0.4 is 41.4 Å². The van der Waals surface area contributed by atoms with Crippen LogP contribution in [-0.2, 0) is 5.41 Å². The van der Waals surface area contributed by atoms with Gasteiger partial charge in [0.15, 0.2) is 8.07 Å². The Morgan fingerprint density at radius 2 is 0.908 bits per heavy atom. The van der Waals surface area contributed by atoms with Crippen molar-refractivity contribution in [3.8, 4) is 22.3 Å². The molecule has 0 saturated heterocycles. The summed E-state index contributed by atoms with van der Waals surface area (Å²) in [6.45, 7) is -0.112. The molecule has 0 fully saturated rings. The van der Waals surface area contributed by atoms with Gasteiger partial charge < -0.3 is 9.71 Å². The molecule has 65 heavy (non-hydrogen) atoms. The van der Waals surface area contributed by atoms with Gasteiger partial charge in [0, 0.05) is 28.3 Å². The largest absolute Gasteiger partial charge is 0.376 e. The number of rotatable bonds is 5. The third kappa shape index (κ3) is 4.74. The van der Waals surface area contributed by atoms with E-state index in [0.29, 0.717) is 0 Å². The fourth-order valence-electron chi connectivity index (χ4n) is 12.6. The first-order valence-electron chi connectivity index (χ1n) is 22.8. The minimum Gasteiger partial charge on any atom is -0.376 e. The molecule has 4 heteroatoms. The number of hydrogen-bond donors (Lipinski definition) is 0. The first kappa shape index (κ1) is 36.6. The lowest BCUT2D eigenvalue weighted by molar-refractivity contribution is 0.732. The van der Waals surface area contributed by atoms with E-state index >= 15 is 0 Å². The summed E-state index contributed by atoms with van der Waals surface area (Å²) in [4.78, 5) is 5.41. The monoisotopic (exact) mass is 840 g/mol. The van der Waals surface area contributed by atoms with Gasteiger partial charge in [0.25, 0.3) is 0 Å². The van der Waals surface area contributed by atoms with Crippen LogP contribution in [0.1, 0.15) is 22.3 Å². The lowest BCUT2D eigenvalue weighted by Gasteiger charge is -2.54. The quantitative estimate of drug-likeness (QED) is 0.159. The first-order chi connectivity index (χ1) is 32.3. The molecule has 10 aromatic rings. The van der Waals surface area contributed by atoms with Crippen molar-refractivity contribution in [2.45, 2.75) is 5.41 Å². The Hall–Kier alpha value is -7.92. The fourth-order valence-corrected chi connectivity index (χ4v) is 17.7. The zero-order valence-corrected chi connectivity index (χ0v) is 36.6. The summed E-state index contributed by atoms with van der Waals surface area (Å²) in [5.41, 5.74) is 18.6. The number of nitrogens with zero attached hydrogens (tertiary/aromatic N) is 2. The van der Waals surface area contributed by atoms with Crippen molar-refractivity contribution >= 4 is 75.0 Å². The molecule has 0 bridgehead atoms. The molecule has 0 spiro atoms. The maximum Gasteiger partial charge on any atom is 0.333 e. The van der Waals surface area contributed by atoms with Crippen molar-refractivity contribution in [3.05, 3.63) is 271 Å². The maximum atomic E-state index is 2.77. The van der Waals surface area contributed by atoms with Crippen molar-refractivity contribution in [1.29, 1.82) is 0 Å². The third-order valence-corrected chi connectivity index (χ3v) is 19.8. The highest BCUT2D eigenvalue weighted by atomic mass is 28.3. The van der Waals surface area contributed by atoms with Gasteiger partial charge in [-0.2, -0.15) is 0 Å². The Morgan fingerprint density at radius 3 is 1.58 bits per heavy atom.